The Kier molecular flexibility index (Phi) is 6.83. The Morgan fingerprint density at radius 3 is 2.08 bits per heavy atom. The van der Waals surface area contributed by atoms with Gasteiger partial charge in [0.05, 0.1) is 0 Å². The number of hydrogen-bond donors (Lipinski definition) is 2. The Balaban J connectivity index is 1.74. The lowest BCUT2D eigenvalue weighted by atomic mass is 9.81. The fraction of sp³-hybridized carbons (Fsp3) is 0.600. The third-order valence-electron chi connectivity index (χ3n) is 4.81. The van der Waals surface area contributed by atoms with E-state index in [1.54, 1.807) is 0 Å². The highest BCUT2D eigenvalue weighted by Crippen LogP contribution is 2.30. The molecule has 0 bridgehead atoms. The molecule has 0 saturated heterocycles. The van der Waals surface area contributed by atoms with E-state index in [1.165, 1.54) is 5.56 Å². The van der Waals surface area contributed by atoms with Crippen molar-refractivity contribution in [2.24, 2.45) is 17.8 Å². The van der Waals surface area contributed by atoms with Crippen molar-refractivity contribution in [3.63, 3.8) is 0 Å². The molecule has 1 aromatic rings. The van der Waals surface area contributed by atoms with E-state index in [4.69, 9.17) is 0 Å². The highest BCUT2D eigenvalue weighted by atomic mass is 16.2. The topological polar surface area (TPSA) is 58.2 Å². The van der Waals surface area contributed by atoms with Crippen LogP contribution in [0.1, 0.15) is 51.5 Å². The number of hydrogen-bond acceptors (Lipinski definition) is 2. The second-order valence-corrected chi connectivity index (χ2v) is 7.38. The summed E-state index contributed by atoms with van der Waals surface area (Å²) in [6, 6.07) is 7.85. The van der Waals surface area contributed by atoms with Gasteiger partial charge in [0.15, 0.2) is 0 Å². The van der Waals surface area contributed by atoms with Gasteiger partial charge in [-0.15, -0.1) is 0 Å². The van der Waals surface area contributed by atoms with E-state index < -0.39 is 0 Å². The van der Waals surface area contributed by atoms with Crippen LogP contribution in [0, 0.1) is 24.7 Å². The molecule has 1 aliphatic rings. The maximum atomic E-state index is 12.4. The van der Waals surface area contributed by atoms with Gasteiger partial charge in [0.1, 0.15) is 0 Å². The van der Waals surface area contributed by atoms with Crippen molar-refractivity contribution in [3.05, 3.63) is 29.8 Å². The van der Waals surface area contributed by atoms with Crippen LogP contribution in [0.15, 0.2) is 24.3 Å². The molecule has 24 heavy (non-hydrogen) atoms. The van der Waals surface area contributed by atoms with Crippen LogP contribution in [-0.2, 0) is 9.59 Å². The van der Waals surface area contributed by atoms with Crippen molar-refractivity contribution >= 4 is 17.5 Å². The van der Waals surface area contributed by atoms with Crippen LogP contribution < -0.4 is 10.6 Å². The van der Waals surface area contributed by atoms with Gasteiger partial charge in [0.25, 0.3) is 0 Å². The quantitative estimate of drug-likeness (QED) is 0.831. The molecule has 0 unspecified atom stereocenters. The monoisotopic (exact) mass is 330 g/mol. The minimum atomic E-state index is 0.0195. The molecular formula is C20H30N2O2. The molecule has 0 heterocycles. The molecule has 4 heteroatoms. The first kappa shape index (κ1) is 18.5. The zero-order valence-corrected chi connectivity index (χ0v) is 15.1. The largest absolute Gasteiger partial charge is 0.356 e. The van der Waals surface area contributed by atoms with E-state index in [2.05, 4.69) is 24.5 Å². The van der Waals surface area contributed by atoms with Gasteiger partial charge < -0.3 is 10.6 Å². The predicted molar refractivity (Wildman–Crippen MR) is 97.7 cm³/mol. The van der Waals surface area contributed by atoms with E-state index >= 15 is 0 Å². The summed E-state index contributed by atoms with van der Waals surface area (Å²) in [7, 11) is 0. The van der Waals surface area contributed by atoms with Gasteiger partial charge in [-0.25, -0.2) is 0 Å². The summed E-state index contributed by atoms with van der Waals surface area (Å²) in [6.07, 6.45) is 4.21. The van der Waals surface area contributed by atoms with Crippen LogP contribution >= 0.6 is 0 Å². The van der Waals surface area contributed by atoms with Crippen LogP contribution in [0.4, 0.5) is 5.69 Å². The van der Waals surface area contributed by atoms with Crippen LogP contribution in [-0.4, -0.2) is 18.4 Å². The van der Waals surface area contributed by atoms with Gasteiger partial charge >= 0.3 is 0 Å². The molecule has 4 nitrogen and oxygen atoms in total. The van der Waals surface area contributed by atoms with Crippen molar-refractivity contribution in [2.45, 2.75) is 52.9 Å². The Morgan fingerprint density at radius 2 is 1.54 bits per heavy atom. The lowest BCUT2D eigenvalue weighted by Crippen LogP contribution is -2.36. The molecule has 2 rings (SSSR count). The number of carbonyl (C=O) groups excluding carboxylic acids is 2. The summed E-state index contributed by atoms with van der Waals surface area (Å²) >= 11 is 0. The Morgan fingerprint density at radius 1 is 1.00 bits per heavy atom. The molecular weight excluding hydrogens is 300 g/mol. The van der Waals surface area contributed by atoms with Crippen LogP contribution in [0.2, 0.25) is 0 Å². The van der Waals surface area contributed by atoms with E-state index in [9.17, 15) is 9.59 Å². The lowest BCUT2D eigenvalue weighted by Gasteiger charge is -2.27. The number of anilines is 1. The number of benzene rings is 1. The van der Waals surface area contributed by atoms with E-state index in [1.807, 2.05) is 31.2 Å². The first-order chi connectivity index (χ1) is 11.5. The maximum Gasteiger partial charge on any atom is 0.227 e. The fourth-order valence-electron chi connectivity index (χ4n) is 3.13. The van der Waals surface area contributed by atoms with Gasteiger partial charge in [-0.2, -0.15) is 0 Å². The second-order valence-electron chi connectivity index (χ2n) is 7.38. The number of rotatable bonds is 6. The Labute approximate surface area is 145 Å². The SMILES string of the molecule is Cc1ccc(NC(=O)C2CCC(C(=O)NCCC(C)C)CC2)cc1. The van der Waals surface area contributed by atoms with Crippen molar-refractivity contribution < 1.29 is 9.59 Å². The molecule has 0 radical (unpaired) electrons. The highest BCUT2D eigenvalue weighted by molar-refractivity contribution is 5.92. The predicted octanol–water partition coefficient (Wildman–Crippen LogP) is 3.90. The summed E-state index contributed by atoms with van der Waals surface area (Å²) in [4.78, 5) is 24.5. The van der Waals surface area contributed by atoms with Gasteiger partial charge in [-0.1, -0.05) is 31.5 Å². The number of carbonyl (C=O) groups is 2. The van der Waals surface area contributed by atoms with Crippen molar-refractivity contribution in [2.75, 3.05) is 11.9 Å². The van der Waals surface area contributed by atoms with Gasteiger partial charge in [-0.05, 0) is 57.1 Å². The van der Waals surface area contributed by atoms with E-state index in [-0.39, 0.29) is 23.7 Å². The average Bonchev–Trinajstić information content (AvgIpc) is 2.56. The number of nitrogens with one attached hydrogen (secondary N) is 2. The first-order valence-corrected chi connectivity index (χ1v) is 9.11. The molecule has 1 fully saturated rings. The third-order valence-corrected chi connectivity index (χ3v) is 4.81. The van der Waals surface area contributed by atoms with Crippen molar-refractivity contribution in [1.82, 2.24) is 5.32 Å². The third kappa shape index (κ3) is 5.66. The second kappa shape index (κ2) is 8.86. The lowest BCUT2D eigenvalue weighted by molar-refractivity contribution is -0.128. The maximum absolute atomic E-state index is 12.4. The molecule has 0 aromatic heterocycles. The van der Waals surface area contributed by atoms with E-state index in [0.29, 0.717) is 5.92 Å². The van der Waals surface area contributed by atoms with Gasteiger partial charge in [0.2, 0.25) is 11.8 Å². The molecule has 1 aromatic carbocycles. The molecule has 2 N–H and O–H groups in total. The van der Waals surface area contributed by atoms with Gasteiger partial charge in [0, 0.05) is 24.1 Å². The minimum absolute atomic E-state index is 0.0195. The molecule has 0 atom stereocenters. The summed E-state index contributed by atoms with van der Waals surface area (Å²) in [5.41, 5.74) is 2.02. The zero-order chi connectivity index (χ0) is 17.5. The summed E-state index contributed by atoms with van der Waals surface area (Å²) in [5, 5.41) is 6.02. The molecule has 1 saturated carbocycles. The standard InChI is InChI=1S/C20H30N2O2/c1-14(2)12-13-21-19(23)16-6-8-17(9-7-16)20(24)22-18-10-4-15(3)5-11-18/h4-5,10-11,14,16-17H,6-9,12-13H2,1-3H3,(H,21,23)(H,22,24). The van der Waals surface area contributed by atoms with E-state index in [0.717, 1.165) is 44.3 Å². The molecule has 1 aliphatic carbocycles. The number of aryl methyl sites for hydroxylation is 1. The van der Waals surface area contributed by atoms with Crippen molar-refractivity contribution in [1.29, 1.82) is 0 Å². The van der Waals surface area contributed by atoms with Crippen LogP contribution in [0.3, 0.4) is 0 Å². The van der Waals surface area contributed by atoms with Crippen molar-refractivity contribution in [3.8, 4) is 0 Å². The fourth-order valence-corrected chi connectivity index (χ4v) is 3.13. The Hall–Kier alpha value is -1.84. The van der Waals surface area contributed by atoms with Crippen LogP contribution in [0.5, 0.6) is 0 Å². The molecule has 0 spiro atoms. The molecule has 132 valence electrons. The molecule has 2 amide bonds. The normalized spacial score (nSPS) is 20.7. The minimum Gasteiger partial charge on any atom is -0.356 e. The summed E-state index contributed by atoms with van der Waals surface area (Å²) in [6.45, 7) is 7.09. The first-order valence-electron chi connectivity index (χ1n) is 9.11. The average molecular weight is 330 g/mol. The Bertz CT molecular complexity index is 543. The zero-order valence-electron chi connectivity index (χ0n) is 15.1. The van der Waals surface area contributed by atoms with Gasteiger partial charge in [-0.3, -0.25) is 9.59 Å². The molecule has 0 aliphatic heterocycles. The highest BCUT2D eigenvalue weighted by Gasteiger charge is 2.29. The number of amides is 2. The smallest absolute Gasteiger partial charge is 0.227 e. The summed E-state index contributed by atoms with van der Waals surface area (Å²) in [5.74, 6) is 0.934. The van der Waals surface area contributed by atoms with Crippen LogP contribution in [0.25, 0.3) is 0 Å². The summed E-state index contributed by atoms with van der Waals surface area (Å²) < 4.78 is 0.